The van der Waals surface area contributed by atoms with E-state index in [1.54, 1.807) is 0 Å². The van der Waals surface area contributed by atoms with Gasteiger partial charge in [0.05, 0.1) is 0 Å². The lowest BCUT2D eigenvalue weighted by Crippen LogP contribution is -2.81. The fourth-order valence-corrected chi connectivity index (χ4v) is 3.93. The fraction of sp³-hybridized carbons (Fsp3) is 0.176. The third-order valence-corrected chi connectivity index (χ3v) is 5.99. The van der Waals surface area contributed by atoms with Gasteiger partial charge in [-0.1, -0.05) is 116 Å². The van der Waals surface area contributed by atoms with Gasteiger partial charge in [0.25, 0.3) is 0 Å². The summed E-state index contributed by atoms with van der Waals surface area (Å²) < 4.78 is 13.2. The van der Waals surface area contributed by atoms with Crippen molar-refractivity contribution in [3.05, 3.63) is 155 Å². The summed E-state index contributed by atoms with van der Waals surface area (Å²) in [4.78, 5) is 0. The van der Waals surface area contributed by atoms with Crippen LogP contribution in [0.3, 0.4) is 0 Å². The van der Waals surface area contributed by atoms with Crippen molar-refractivity contribution in [1.29, 1.82) is 0 Å². The van der Waals surface area contributed by atoms with Crippen LogP contribution in [-0.2, 0) is 6.42 Å². The van der Waals surface area contributed by atoms with Gasteiger partial charge in [0.1, 0.15) is 18.9 Å². The minimum Gasteiger partial charge on any atom is -0.310 e. The molecule has 0 aromatic heterocycles. The van der Waals surface area contributed by atoms with Crippen LogP contribution in [0.1, 0.15) is 37.0 Å². The molecule has 0 spiro atoms. The highest BCUT2D eigenvalue weighted by Gasteiger charge is 2.10. The summed E-state index contributed by atoms with van der Waals surface area (Å²) in [6.07, 6.45) is 14.4. The van der Waals surface area contributed by atoms with Gasteiger partial charge in [0.2, 0.25) is 0 Å². The van der Waals surface area contributed by atoms with Crippen LogP contribution in [0.4, 0.5) is 4.39 Å². The predicted molar refractivity (Wildman–Crippen MR) is 153 cm³/mol. The average Bonchev–Trinajstić information content (AvgIpc) is 2.94. The van der Waals surface area contributed by atoms with E-state index in [1.807, 2.05) is 31.2 Å². The lowest BCUT2D eigenvalue weighted by Gasteiger charge is -2.10. The molecule has 3 aromatic carbocycles. The number of quaternary nitrogens is 1. The largest absolute Gasteiger partial charge is 0.310 e. The van der Waals surface area contributed by atoms with Gasteiger partial charge in [-0.05, 0) is 54.2 Å². The smallest absolute Gasteiger partial charge is 0.137 e. The molecule has 1 nitrogen and oxygen atoms in total. The first kappa shape index (κ1) is 26.8. The standard InChI is InChI=1S/C34H36FN/c1-3-14-30(22-21-28(4-2)26-35)27-36-34(32-19-12-7-13-20-32)25-33(31-17-10-6-11-18-31)24-23-29-15-8-5-9-16-29/h4-22,24-25,36H,3,23,26-27H2,1-2H3/p+1/b22-21-,28-4+,30-14-,33-24+,34-25-. The third-order valence-electron chi connectivity index (χ3n) is 5.99. The molecule has 0 saturated heterocycles. The topological polar surface area (TPSA) is 16.6 Å². The molecule has 184 valence electrons. The summed E-state index contributed by atoms with van der Waals surface area (Å²) in [5.74, 6) is 0. The highest BCUT2D eigenvalue weighted by atomic mass is 19.1. The van der Waals surface area contributed by atoms with E-state index in [9.17, 15) is 4.39 Å². The second-order valence-corrected chi connectivity index (χ2v) is 8.61. The van der Waals surface area contributed by atoms with E-state index >= 15 is 0 Å². The van der Waals surface area contributed by atoms with Gasteiger partial charge in [-0.3, -0.25) is 0 Å². The number of hydrogen-bond donors (Lipinski definition) is 1. The molecule has 0 unspecified atom stereocenters. The molecule has 3 rings (SSSR count). The molecule has 2 N–H and O–H groups in total. The van der Waals surface area contributed by atoms with Crippen LogP contribution in [0.5, 0.6) is 0 Å². The van der Waals surface area contributed by atoms with E-state index in [2.05, 4.69) is 115 Å². The summed E-state index contributed by atoms with van der Waals surface area (Å²) in [6, 6.07) is 31.6. The zero-order valence-corrected chi connectivity index (χ0v) is 21.4. The van der Waals surface area contributed by atoms with Crippen LogP contribution in [0, 0.1) is 0 Å². The molecule has 0 aliphatic rings. The molecule has 0 atom stereocenters. The summed E-state index contributed by atoms with van der Waals surface area (Å²) in [6.45, 7) is 4.33. The van der Waals surface area contributed by atoms with Crippen molar-refractivity contribution in [3.8, 4) is 0 Å². The zero-order chi connectivity index (χ0) is 25.4. The molecule has 0 heterocycles. The Balaban J connectivity index is 1.95. The number of nitrogens with two attached hydrogens (primary N) is 1. The van der Waals surface area contributed by atoms with Crippen LogP contribution in [0.15, 0.2) is 139 Å². The lowest BCUT2D eigenvalue weighted by molar-refractivity contribution is -0.553. The first-order valence-electron chi connectivity index (χ1n) is 12.7. The zero-order valence-electron chi connectivity index (χ0n) is 21.4. The van der Waals surface area contributed by atoms with Crippen molar-refractivity contribution in [3.63, 3.8) is 0 Å². The summed E-state index contributed by atoms with van der Waals surface area (Å²) in [5.41, 5.74) is 7.91. The Morgan fingerprint density at radius 2 is 1.33 bits per heavy atom. The number of hydrogen-bond acceptors (Lipinski definition) is 0. The number of rotatable bonds is 12. The Morgan fingerprint density at radius 1 is 0.750 bits per heavy atom. The van der Waals surface area contributed by atoms with E-state index in [1.165, 1.54) is 33.5 Å². The van der Waals surface area contributed by atoms with Gasteiger partial charge < -0.3 is 5.32 Å². The van der Waals surface area contributed by atoms with Gasteiger partial charge in [-0.15, -0.1) is 0 Å². The molecule has 0 amide bonds. The highest BCUT2D eigenvalue weighted by Crippen LogP contribution is 2.21. The molecule has 0 saturated carbocycles. The molecule has 0 bridgehead atoms. The van der Waals surface area contributed by atoms with Crippen LogP contribution >= 0.6 is 0 Å². The maximum absolute atomic E-state index is 13.2. The van der Waals surface area contributed by atoms with E-state index in [-0.39, 0.29) is 0 Å². The summed E-state index contributed by atoms with van der Waals surface area (Å²) in [5, 5.41) is 2.28. The molecular weight excluding hydrogens is 441 g/mol. The SMILES string of the molecule is C\C=C(/C=C\C(=C\CC)C[NH2+]/C(=C\C(=C/Cc1ccccc1)c1ccccc1)c1ccccc1)CF. The summed E-state index contributed by atoms with van der Waals surface area (Å²) in [7, 11) is 0. The molecule has 0 radical (unpaired) electrons. The van der Waals surface area contributed by atoms with Crippen LogP contribution in [0.25, 0.3) is 11.3 Å². The van der Waals surface area contributed by atoms with Crippen LogP contribution in [0.2, 0.25) is 0 Å². The second kappa shape index (κ2) is 15.3. The van der Waals surface area contributed by atoms with E-state index < -0.39 is 6.67 Å². The van der Waals surface area contributed by atoms with Gasteiger partial charge in [-0.25, -0.2) is 4.39 Å². The highest BCUT2D eigenvalue weighted by molar-refractivity contribution is 5.81. The number of halogens is 1. The molecule has 36 heavy (non-hydrogen) atoms. The van der Waals surface area contributed by atoms with E-state index in [0.717, 1.165) is 19.4 Å². The second-order valence-electron chi connectivity index (χ2n) is 8.61. The molecule has 0 fully saturated rings. The van der Waals surface area contributed by atoms with Gasteiger partial charge >= 0.3 is 0 Å². The number of alkyl halides is 1. The Morgan fingerprint density at radius 3 is 1.92 bits per heavy atom. The third kappa shape index (κ3) is 8.79. The quantitative estimate of drug-likeness (QED) is 0.257. The Labute approximate surface area is 216 Å². The average molecular weight is 479 g/mol. The Kier molecular flexibility index (Phi) is 11.4. The molecule has 0 aliphatic carbocycles. The van der Waals surface area contributed by atoms with Crippen LogP contribution in [-0.4, -0.2) is 13.2 Å². The van der Waals surface area contributed by atoms with Gasteiger partial charge in [0.15, 0.2) is 0 Å². The maximum Gasteiger partial charge on any atom is 0.137 e. The van der Waals surface area contributed by atoms with Crippen molar-refractivity contribution in [2.75, 3.05) is 13.2 Å². The monoisotopic (exact) mass is 478 g/mol. The Bertz CT molecular complexity index is 1200. The van der Waals surface area contributed by atoms with Crippen molar-refractivity contribution < 1.29 is 9.71 Å². The summed E-state index contributed by atoms with van der Waals surface area (Å²) >= 11 is 0. The molecule has 2 heteroatoms. The van der Waals surface area contributed by atoms with E-state index in [0.29, 0.717) is 5.57 Å². The van der Waals surface area contributed by atoms with Crippen molar-refractivity contribution in [1.82, 2.24) is 0 Å². The van der Waals surface area contributed by atoms with E-state index in [4.69, 9.17) is 0 Å². The maximum atomic E-state index is 13.2. The number of allylic oxidation sites excluding steroid dienone is 7. The van der Waals surface area contributed by atoms with Crippen molar-refractivity contribution >= 4 is 11.3 Å². The molecule has 0 aliphatic heterocycles. The number of benzene rings is 3. The minimum atomic E-state index is -0.446. The van der Waals surface area contributed by atoms with Crippen LogP contribution < -0.4 is 5.32 Å². The molecule has 3 aromatic rings. The normalized spacial score (nSPS) is 13.4. The van der Waals surface area contributed by atoms with Crippen molar-refractivity contribution in [2.45, 2.75) is 26.7 Å². The van der Waals surface area contributed by atoms with Gasteiger partial charge in [0, 0.05) is 17.2 Å². The van der Waals surface area contributed by atoms with Crippen molar-refractivity contribution in [2.24, 2.45) is 0 Å². The predicted octanol–water partition coefficient (Wildman–Crippen LogP) is 7.73. The first-order chi connectivity index (χ1) is 17.7. The fourth-order valence-electron chi connectivity index (χ4n) is 3.93. The minimum absolute atomic E-state index is 0.446. The Hall–Kier alpha value is -3.75. The van der Waals surface area contributed by atoms with Gasteiger partial charge in [-0.2, -0.15) is 0 Å². The molecular formula is C34H37FN+. The lowest BCUT2D eigenvalue weighted by atomic mass is 9.99. The first-order valence-corrected chi connectivity index (χ1v) is 12.7.